The molecule has 7 heteroatoms. The summed E-state index contributed by atoms with van der Waals surface area (Å²) in [7, 11) is 1.36. The monoisotopic (exact) mass is 383 g/mol. The van der Waals surface area contributed by atoms with Crippen molar-refractivity contribution in [1.29, 1.82) is 0 Å². The molecule has 0 radical (unpaired) electrons. The number of ether oxygens (including phenoxy) is 1. The lowest BCUT2D eigenvalue weighted by atomic mass is 10.1. The number of carbonyl (C=O) groups excluding carboxylic acids is 2. The average Bonchev–Trinajstić information content (AvgIpc) is 3.22. The van der Waals surface area contributed by atoms with E-state index in [2.05, 4.69) is 0 Å². The van der Waals surface area contributed by atoms with Crippen LogP contribution in [0, 0.1) is 0 Å². The predicted molar refractivity (Wildman–Crippen MR) is 103 cm³/mol. The Morgan fingerprint density at radius 1 is 1.26 bits per heavy atom. The van der Waals surface area contributed by atoms with Crippen molar-refractivity contribution in [2.24, 2.45) is 0 Å². The van der Waals surface area contributed by atoms with Crippen molar-refractivity contribution in [3.05, 3.63) is 59.4 Å². The van der Waals surface area contributed by atoms with E-state index in [1.54, 1.807) is 17.0 Å². The van der Waals surface area contributed by atoms with Crippen molar-refractivity contribution >= 4 is 40.2 Å². The number of aromatic nitrogens is 2. The first-order valence-electron chi connectivity index (χ1n) is 8.64. The summed E-state index contributed by atoms with van der Waals surface area (Å²) < 4.78 is 6.68. The number of fused-ring (bicyclic) bond motifs is 1. The van der Waals surface area contributed by atoms with Crippen LogP contribution in [-0.4, -0.2) is 35.1 Å². The fourth-order valence-corrected chi connectivity index (χ4v) is 3.72. The smallest absolute Gasteiger partial charge is 0.325 e. The Kier molecular flexibility index (Phi) is 4.58. The molecule has 0 spiro atoms. The maximum Gasteiger partial charge on any atom is 0.325 e. The van der Waals surface area contributed by atoms with E-state index >= 15 is 0 Å². The van der Waals surface area contributed by atoms with Gasteiger partial charge in [0.25, 0.3) is 0 Å². The van der Waals surface area contributed by atoms with Crippen LogP contribution in [-0.2, 0) is 20.9 Å². The molecular weight excluding hydrogens is 366 g/mol. The number of benzene rings is 2. The first-order valence-corrected chi connectivity index (χ1v) is 9.02. The topological polar surface area (TPSA) is 64.4 Å². The minimum Gasteiger partial charge on any atom is -0.468 e. The third-order valence-corrected chi connectivity index (χ3v) is 5.04. The molecule has 27 heavy (non-hydrogen) atoms. The summed E-state index contributed by atoms with van der Waals surface area (Å²) in [6.07, 6.45) is 0.330. The summed E-state index contributed by atoms with van der Waals surface area (Å²) in [4.78, 5) is 31.0. The summed E-state index contributed by atoms with van der Waals surface area (Å²) in [6, 6.07) is 14.9. The van der Waals surface area contributed by atoms with Gasteiger partial charge in [0.15, 0.2) is 0 Å². The molecule has 1 amide bonds. The molecule has 6 nitrogen and oxygen atoms in total. The largest absolute Gasteiger partial charge is 0.468 e. The summed E-state index contributed by atoms with van der Waals surface area (Å²) in [5.41, 5.74) is 2.42. The number of methoxy groups -OCH3 is 1. The highest BCUT2D eigenvalue weighted by Gasteiger charge is 2.35. The number of nitrogens with zero attached hydrogens (tertiary/aromatic N) is 3. The second-order valence-corrected chi connectivity index (χ2v) is 6.94. The quantitative estimate of drug-likeness (QED) is 0.648. The fraction of sp³-hybridized carbons (Fsp3) is 0.250. The first-order chi connectivity index (χ1) is 13.1. The molecule has 0 bridgehead atoms. The molecule has 2 heterocycles. The highest BCUT2D eigenvalue weighted by Crippen LogP contribution is 2.33. The van der Waals surface area contributed by atoms with Crippen LogP contribution < -0.4 is 4.90 Å². The number of rotatable bonds is 4. The van der Waals surface area contributed by atoms with Crippen LogP contribution in [0.1, 0.15) is 18.2 Å². The molecule has 1 aliphatic heterocycles. The highest BCUT2D eigenvalue weighted by molar-refractivity contribution is 6.30. The van der Waals surface area contributed by atoms with Crippen molar-refractivity contribution in [3.8, 4) is 0 Å². The molecule has 1 aromatic heterocycles. The second kappa shape index (κ2) is 7.04. The highest BCUT2D eigenvalue weighted by atomic mass is 35.5. The Hall–Kier alpha value is -2.86. The molecular formula is C20H18ClN3O3. The van der Waals surface area contributed by atoms with Gasteiger partial charge in [-0.3, -0.25) is 9.59 Å². The van der Waals surface area contributed by atoms with E-state index in [1.807, 2.05) is 41.0 Å². The third-order valence-electron chi connectivity index (χ3n) is 4.81. The van der Waals surface area contributed by atoms with Crippen molar-refractivity contribution in [1.82, 2.24) is 9.55 Å². The lowest BCUT2D eigenvalue weighted by Crippen LogP contribution is -2.24. The van der Waals surface area contributed by atoms with Crippen molar-refractivity contribution in [2.45, 2.75) is 18.9 Å². The molecule has 4 rings (SSSR count). The molecule has 0 saturated carbocycles. The average molecular weight is 384 g/mol. The van der Waals surface area contributed by atoms with Gasteiger partial charge in [0.2, 0.25) is 5.91 Å². The van der Waals surface area contributed by atoms with E-state index in [0.29, 0.717) is 18.0 Å². The first kappa shape index (κ1) is 17.5. The molecule has 138 valence electrons. The fourth-order valence-electron chi connectivity index (χ4n) is 3.54. The molecule has 1 atom stereocenters. The van der Waals surface area contributed by atoms with E-state index < -0.39 is 0 Å². The zero-order valence-electron chi connectivity index (χ0n) is 14.8. The maximum atomic E-state index is 12.6. The maximum absolute atomic E-state index is 12.6. The van der Waals surface area contributed by atoms with Gasteiger partial charge >= 0.3 is 5.97 Å². The van der Waals surface area contributed by atoms with Crippen molar-refractivity contribution < 1.29 is 14.3 Å². The number of amides is 1. The molecule has 2 aromatic carbocycles. The van der Waals surface area contributed by atoms with Gasteiger partial charge in [-0.2, -0.15) is 0 Å². The molecule has 1 saturated heterocycles. The Morgan fingerprint density at radius 2 is 2.07 bits per heavy atom. The van der Waals surface area contributed by atoms with E-state index in [0.717, 1.165) is 22.5 Å². The Morgan fingerprint density at radius 3 is 2.85 bits per heavy atom. The van der Waals surface area contributed by atoms with Crippen LogP contribution in [0.15, 0.2) is 48.5 Å². The SMILES string of the molecule is COC(=O)Cn1c(C2CC(=O)N(c3cccc(Cl)c3)C2)nc2ccccc21. The Labute approximate surface area is 161 Å². The van der Waals surface area contributed by atoms with E-state index in [9.17, 15) is 9.59 Å². The van der Waals surface area contributed by atoms with E-state index in [4.69, 9.17) is 21.3 Å². The number of carbonyl (C=O) groups is 2. The molecule has 1 unspecified atom stereocenters. The zero-order valence-corrected chi connectivity index (χ0v) is 15.5. The van der Waals surface area contributed by atoms with Gasteiger partial charge in [-0.25, -0.2) is 4.98 Å². The summed E-state index contributed by atoms with van der Waals surface area (Å²) >= 11 is 6.07. The summed E-state index contributed by atoms with van der Waals surface area (Å²) in [5.74, 6) is 0.266. The summed E-state index contributed by atoms with van der Waals surface area (Å²) in [6.45, 7) is 0.553. The van der Waals surface area contributed by atoms with Gasteiger partial charge in [-0.05, 0) is 30.3 Å². The molecule has 0 aliphatic carbocycles. The second-order valence-electron chi connectivity index (χ2n) is 6.51. The van der Waals surface area contributed by atoms with Gasteiger partial charge in [-0.15, -0.1) is 0 Å². The van der Waals surface area contributed by atoms with Gasteiger partial charge in [0.05, 0.1) is 18.1 Å². The van der Waals surface area contributed by atoms with Gasteiger partial charge < -0.3 is 14.2 Å². The molecule has 1 aliphatic rings. The lowest BCUT2D eigenvalue weighted by Gasteiger charge is -2.17. The van der Waals surface area contributed by atoms with Crippen LogP contribution in [0.2, 0.25) is 5.02 Å². The minimum atomic E-state index is -0.351. The number of hydrogen-bond acceptors (Lipinski definition) is 4. The number of para-hydroxylation sites is 2. The van der Waals surface area contributed by atoms with Crippen LogP contribution in [0.25, 0.3) is 11.0 Å². The van der Waals surface area contributed by atoms with E-state index in [1.165, 1.54) is 7.11 Å². The number of imidazole rings is 1. The van der Waals surface area contributed by atoms with Gasteiger partial charge in [0, 0.05) is 29.6 Å². The number of esters is 1. The van der Waals surface area contributed by atoms with Gasteiger partial charge in [-0.1, -0.05) is 29.8 Å². The molecule has 3 aromatic rings. The van der Waals surface area contributed by atoms with Crippen molar-refractivity contribution in [3.63, 3.8) is 0 Å². The molecule has 0 N–H and O–H groups in total. The number of halogens is 1. The van der Waals surface area contributed by atoms with Crippen LogP contribution in [0.4, 0.5) is 5.69 Å². The Bertz CT molecular complexity index is 1030. The predicted octanol–water partition coefficient (Wildman–Crippen LogP) is 3.38. The number of hydrogen-bond donors (Lipinski definition) is 0. The van der Waals surface area contributed by atoms with Crippen LogP contribution >= 0.6 is 11.6 Å². The minimum absolute atomic E-state index is 0.0129. The van der Waals surface area contributed by atoms with Crippen LogP contribution in [0.5, 0.6) is 0 Å². The van der Waals surface area contributed by atoms with Crippen molar-refractivity contribution in [2.75, 3.05) is 18.6 Å². The normalized spacial score (nSPS) is 16.9. The third kappa shape index (κ3) is 3.28. The van der Waals surface area contributed by atoms with Crippen LogP contribution in [0.3, 0.4) is 0 Å². The van der Waals surface area contributed by atoms with Gasteiger partial charge in [0.1, 0.15) is 12.4 Å². The lowest BCUT2D eigenvalue weighted by molar-refractivity contribution is -0.141. The van der Waals surface area contributed by atoms with E-state index in [-0.39, 0.29) is 24.3 Å². The molecule has 1 fully saturated rings. The summed E-state index contributed by atoms with van der Waals surface area (Å²) in [5, 5.41) is 0.585. The zero-order chi connectivity index (χ0) is 19.0. The standard InChI is InChI=1S/C20H18ClN3O3/c1-27-19(26)12-24-17-8-3-2-7-16(17)22-20(24)13-9-18(25)23(11-13)15-6-4-5-14(21)10-15/h2-8,10,13H,9,11-12H2,1H3. The number of anilines is 1. The Balaban J connectivity index is 1.71.